The first kappa shape index (κ1) is 26.5. The number of nitrogens with zero attached hydrogens (tertiary/aromatic N) is 4. The number of piperazine rings is 1. The summed E-state index contributed by atoms with van der Waals surface area (Å²) < 4.78 is 0. The topological polar surface area (TPSA) is 34.1 Å². The first-order valence-electron chi connectivity index (χ1n) is 10.7. The summed E-state index contributed by atoms with van der Waals surface area (Å²) in [6, 6.07) is 8.81. The van der Waals surface area contributed by atoms with Crippen molar-refractivity contribution in [2.45, 2.75) is 38.1 Å². The van der Waals surface area contributed by atoms with E-state index in [9.17, 15) is 0 Å². The molecule has 1 N–H and O–H groups in total. The highest BCUT2D eigenvalue weighted by atomic mass is 127. The van der Waals surface area contributed by atoms with Crippen molar-refractivity contribution in [2.75, 3.05) is 65.7 Å². The number of nitrogens with one attached hydrogen (secondary N) is 1. The van der Waals surface area contributed by atoms with Gasteiger partial charge >= 0.3 is 0 Å². The lowest BCUT2D eigenvalue weighted by Gasteiger charge is -2.33. The van der Waals surface area contributed by atoms with Gasteiger partial charge in [-0.3, -0.25) is 4.99 Å². The third kappa shape index (κ3) is 9.89. The van der Waals surface area contributed by atoms with Gasteiger partial charge in [0.15, 0.2) is 5.96 Å². The van der Waals surface area contributed by atoms with Crippen LogP contribution in [0.4, 0.5) is 0 Å². The summed E-state index contributed by atoms with van der Waals surface area (Å²) in [6.45, 7) is 14.3. The molecule has 0 saturated carbocycles. The number of unbranched alkanes of at least 4 members (excludes halogenated alkanes) is 1. The molecular weight excluding hydrogens is 493 g/mol. The van der Waals surface area contributed by atoms with Gasteiger partial charge < -0.3 is 20.0 Å². The Morgan fingerprint density at radius 2 is 1.72 bits per heavy atom. The maximum atomic E-state index is 4.85. The van der Waals surface area contributed by atoms with Crippen molar-refractivity contribution < 1.29 is 0 Å². The molecule has 0 amide bonds. The molecule has 0 bridgehead atoms. The highest BCUT2D eigenvalue weighted by Gasteiger charge is 2.14. The summed E-state index contributed by atoms with van der Waals surface area (Å²) in [5.41, 5.74) is 1.32. The van der Waals surface area contributed by atoms with Crippen LogP contribution in [0.25, 0.3) is 0 Å². The zero-order valence-electron chi connectivity index (χ0n) is 18.7. The summed E-state index contributed by atoms with van der Waals surface area (Å²) in [5, 5.41) is 3.43. The van der Waals surface area contributed by atoms with E-state index in [0.717, 1.165) is 32.0 Å². The lowest BCUT2D eigenvalue weighted by atomic mass is 10.2. The molecule has 1 aliphatic heterocycles. The normalized spacial score (nSPS) is 15.8. The number of hydrogen-bond acceptors (Lipinski definition) is 4. The van der Waals surface area contributed by atoms with Crippen molar-refractivity contribution in [1.82, 2.24) is 20.0 Å². The Bertz CT molecular complexity index is 573. The van der Waals surface area contributed by atoms with Crippen LogP contribution in [0, 0.1) is 0 Å². The Balaban J connectivity index is 0.00000420. The van der Waals surface area contributed by atoms with Crippen molar-refractivity contribution in [3.8, 4) is 0 Å². The van der Waals surface area contributed by atoms with E-state index in [-0.39, 0.29) is 24.0 Å². The molecule has 1 heterocycles. The molecule has 0 radical (unpaired) electrons. The Morgan fingerprint density at radius 1 is 1.07 bits per heavy atom. The van der Waals surface area contributed by atoms with Crippen LogP contribution >= 0.6 is 35.7 Å². The molecule has 1 saturated heterocycles. The van der Waals surface area contributed by atoms with Crippen LogP contribution in [0.3, 0.4) is 0 Å². The molecule has 0 aliphatic carbocycles. The van der Waals surface area contributed by atoms with Gasteiger partial charge in [0.2, 0.25) is 0 Å². The van der Waals surface area contributed by atoms with Gasteiger partial charge in [-0.15, -0.1) is 35.7 Å². The molecular formula is C22H40IN5S. The van der Waals surface area contributed by atoms with Gasteiger partial charge in [-0.25, -0.2) is 0 Å². The third-order valence-electron chi connectivity index (χ3n) is 5.33. The Hall–Kier alpha value is -0.510. The van der Waals surface area contributed by atoms with Gasteiger partial charge in [-0.1, -0.05) is 19.1 Å². The van der Waals surface area contributed by atoms with E-state index in [1.54, 1.807) is 11.8 Å². The highest BCUT2D eigenvalue weighted by Crippen LogP contribution is 2.15. The Labute approximate surface area is 199 Å². The maximum Gasteiger partial charge on any atom is 0.193 e. The fraction of sp³-hybridized carbons (Fsp3) is 0.682. The van der Waals surface area contributed by atoms with Crippen molar-refractivity contribution in [3.05, 3.63) is 29.8 Å². The Morgan fingerprint density at radius 3 is 2.31 bits per heavy atom. The SMILES string of the molecule is CCNC(=NCCCCN1CCN(CC)CC1)N(C)Cc1ccc(SC)cc1.I. The molecule has 1 aromatic rings. The maximum absolute atomic E-state index is 4.85. The van der Waals surface area contributed by atoms with Crippen LogP contribution in [-0.2, 0) is 6.54 Å². The molecule has 0 atom stereocenters. The summed E-state index contributed by atoms with van der Waals surface area (Å²) in [6.07, 6.45) is 4.50. The van der Waals surface area contributed by atoms with Gasteiger partial charge in [0.1, 0.15) is 0 Å². The van der Waals surface area contributed by atoms with Crippen molar-refractivity contribution in [2.24, 2.45) is 4.99 Å². The molecule has 1 fully saturated rings. The van der Waals surface area contributed by atoms with Crippen LogP contribution in [0.2, 0.25) is 0 Å². The van der Waals surface area contributed by atoms with E-state index < -0.39 is 0 Å². The number of aliphatic imine (C=N–C) groups is 1. The average molecular weight is 534 g/mol. The quantitative estimate of drug-likeness (QED) is 0.163. The second-order valence-corrected chi connectivity index (χ2v) is 8.30. The molecule has 1 aliphatic rings. The zero-order valence-corrected chi connectivity index (χ0v) is 21.8. The number of hydrogen-bond donors (Lipinski definition) is 1. The number of halogens is 1. The third-order valence-corrected chi connectivity index (χ3v) is 6.07. The summed E-state index contributed by atoms with van der Waals surface area (Å²) in [7, 11) is 2.12. The standard InChI is InChI=1S/C22H39N5S.HI/c1-5-23-22(25(3)19-20-9-11-21(28-4)12-10-20)24-13-7-8-14-27-17-15-26(6-2)16-18-27;/h9-12H,5-8,13-19H2,1-4H3,(H,23,24);1H. The summed E-state index contributed by atoms with van der Waals surface area (Å²) in [5.74, 6) is 1.01. The molecule has 2 rings (SSSR count). The number of rotatable bonds is 10. The summed E-state index contributed by atoms with van der Waals surface area (Å²) in [4.78, 5) is 13.5. The van der Waals surface area contributed by atoms with E-state index in [1.165, 1.54) is 56.1 Å². The molecule has 0 unspecified atom stereocenters. The van der Waals surface area contributed by atoms with Crippen molar-refractivity contribution in [3.63, 3.8) is 0 Å². The predicted molar refractivity (Wildman–Crippen MR) is 139 cm³/mol. The molecule has 5 nitrogen and oxygen atoms in total. The van der Waals surface area contributed by atoms with Crippen molar-refractivity contribution in [1.29, 1.82) is 0 Å². The average Bonchev–Trinajstić information content (AvgIpc) is 2.73. The number of likely N-dealkylation sites (N-methyl/N-ethyl adjacent to an activating group) is 1. The monoisotopic (exact) mass is 533 g/mol. The molecule has 1 aromatic carbocycles. The minimum atomic E-state index is 0. The summed E-state index contributed by atoms with van der Waals surface area (Å²) >= 11 is 1.78. The fourth-order valence-electron chi connectivity index (χ4n) is 3.51. The second kappa shape index (κ2) is 15.3. The van der Waals surface area contributed by atoms with E-state index >= 15 is 0 Å². The molecule has 166 valence electrons. The molecule has 7 heteroatoms. The van der Waals surface area contributed by atoms with Crippen molar-refractivity contribution >= 4 is 41.7 Å². The lowest BCUT2D eigenvalue weighted by molar-refractivity contribution is 0.136. The van der Waals surface area contributed by atoms with Crippen LogP contribution < -0.4 is 5.32 Å². The van der Waals surface area contributed by atoms with Crippen LogP contribution in [0.1, 0.15) is 32.3 Å². The fourth-order valence-corrected chi connectivity index (χ4v) is 3.92. The van der Waals surface area contributed by atoms with Gasteiger partial charge in [0.05, 0.1) is 0 Å². The Kier molecular flexibility index (Phi) is 14.0. The van der Waals surface area contributed by atoms with E-state index in [2.05, 4.69) is 71.4 Å². The number of thioether (sulfide) groups is 1. The lowest BCUT2D eigenvalue weighted by Crippen LogP contribution is -2.46. The number of benzene rings is 1. The molecule has 29 heavy (non-hydrogen) atoms. The van der Waals surface area contributed by atoms with Gasteiger partial charge in [-0.2, -0.15) is 0 Å². The van der Waals surface area contributed by atoms with Crippen LogP contribution in [0.5, 0.6) is 0 Å². The molecule has 0 spiro atoms. The van der Waals surface area contributed by atoms with Crippen LogP contribution in [-0.4, -0.2) is 86.3 Å². The number of guanidine groups is 1. The first-order valence-corrected chi connectivity index (χ1v) is 12.0. The minimum Gasteiger partial charge on any atom is -0.357 e. The van der Waals surface area contributed by atoms with Gasteiger partial charge in [0, 0.05) is 57.8 Å². The van der Waals surface area contributed by atoms with E-state index in [1.807, 2.05) is 0 Å². The van der Waals surface area contributed by atoms with Gasteiger partial charge in [-0.05, 0) is 56.8 Å². The highest BCUT2D eigenvalue weighted by molar-refractivity contribution is 14.0. The largest absolute Gasteiger partial charge is 0.357 e. The zero-order chi connectivity index (χ0) is 20.2. The smallest absolute Gasteiger partial charge is 0.193 e. The first-order chi connectivity index (χ1) is 13.7. The second-order valence-electron chi connectivity index (χ2n) is 7.42. The van der Waals surface area contributed by atoms with Crippen LogP contribution in [0.15, 0.2) is 34.2 Å². The minimum absolute atomic E-state index is 0. The van der Waals surface area contributed by atoms with Gasteiger partial charge in [0.25, 0.3) is 0 Å². The molecule has 0 aromatic heterocycles. The predicted octanol–water partition coefficient (Wildman–Crippen LogP) is 3.84. The van der Waals surface area contributed by atoms with E-state index in [4.69, 9.17) is 4.99 Å². The van der Waals surface area contributed by atoms with E-state index in [0.29, 0.717) is 0 Å².